The monoisotopic (exact) mass is 430 g/mol. The molecule has 2 aromatic heterocycles. The van der Waals surface area contributed by atoms with E-state index in [1.165, 1.54) is 0 Å². The lowest BCUT2D eigenvalue weighted by atomic mass is 10.1. The van der Waals surface area contributed by atoms with E-state index in [4.69, 9.17) is 9.26 Å². The number of imidazole rings is 1. The van der Waals surface area contributed by atoms with Crippen LogP contribution in [0.4, 0.5) is 0 Å². The summed E-state index contributed by atoms with van der Waals surface area (Å²) in [6.45, 7) is 7.25. The van der Waals surface area contributed by atoms with E-state index >= 15 is 0 Å². The van der Waals surface area contributed by atoms with Gasteiger partial charge in [0.2, 0.25) is 0 Å². The van der Waals surface area contributed by atoms with E-state index in [0.717, 1.165) is 40.5 Å². The number of benzene rings is 2. The Balaban J connectivity index is 1.36. The fourth-order valence-corrected chi connectivity index (χ4v) is 3.48. The summed E-state index contributed by atoms with van der Waals surface area (Å²) in [5.41, 5.74) is 4.48. The van der Waals surface area contributed by atoms with Crippen LogP contribution in [0.15, 0.2) is 65.4 Å². The molecule has 0 aliphatic heterocycles. The predicted octanol–water partition coefficient (Wildman–Crippen LogP) is 4.35. The van der Waals surface area contributed by atoms with Crippen LogP contribution >= 0.6 is 0 Å². The maximum atomic E-state index is 12.7. The standard InChI is InChI=1S/C25H26N4O3/c1-17-24(18(2)32-28-17)16-31-23-9-5-8-22(13-23)25(30)27-14-20-6-4-7-21(12-20)15-29-11-10-26-19(29)3/h4-13H,14-16H2,1-3H3,(H,27,30). The fraction of sp³-hybridized carbons (Fsp3) is 0.240. The van der Waals surface area contributed by atoms with Gasteiger partial charge in [0.1, 0.15) is 23.9 Å². The Bertz CT molecular complexity index is 1210. The molecule has 7 heteroatoms. The number of carbonyl (C=O) groups excluding carboxylic acids is 1. The van der Waals surface area contributed by atoms with Crippen LogP contribution in [0, 0.1) is 20.8 Å². The highest BCUT2D eigenvalue weighted by Gasteiger charge is 2.11. The van der Waals surface area contributed by atoms with E-state index in [-0.39, 0.29) is 5.91 Å². The Morgan fingerprint density at radius 3 is 2.66 bits per heavy atom. The second-order valence-electron chi connectivity index (χ2n) is 7.72. The molecule has 0 fully saturated rings. The molecule has 7 nitrogen and oxygen atoms in total. The van der Waals surface area contributed by atoms with E-state index in [1.54, 1.807) is 18.3 Å². The number of ether oxygens (including phenoxy) is 1. The van der Waals surface area contributed by atoms with Gasteiger partial charge < -0.3 is 19.1 Å². The van der Waals surface area contributed by atoms with Gasteiger partial charge in [0.05, 0.1) is 11.3 Å². The largest absolute Gasteiger partial charge is 0.489 e. The van der Waals surface area contributed by atoms with Gasteiger partial charge in [0.25, 0.3) is 5.91 Å². The molecule has 1 amide bonds. The number of aromatic nitrogens is 3. The van der Waals surface area contributed by atoms with Crippen LogP contribution in [-0.4, -0.2) is 20.6 Å². The summed E-state index contributed by atoms with van der Waals surface area (Å²) in [7, 11) is 0. The topological polar surface area (TPSA) is 82.2 Å². The molecule has 0 saturated heterocycles. The van der Waals surface area contributed by atoms with Gasteiger partial charge in [-0.25, -0.2) is 4.98 Å². The third-order valence-corrected chi connectivity index (χ3v) is 5.38. The zero-order valence-electron chi connectivity index (χ0n) is 18.5. The average molecular weight is 431 g/mol. The van der Waals surface area contributed by atoms with Crippen LogP contribution in [0.3, 0.4) is 0 Å². The van der Waals surface area contributed by atoms with Crippen molar-refractivity contribution in [2.24, 2.45) is 0 Å². The number of hydrogen-bond acceptors (Lipinski definition) is 5. The molecule has 164 valence electrons. The SMILES string of the molecule is Cc1noc(C)c1COc1cccc(C(=O)NCc2cccc(Cn3ccnc3C)c2)c1. The highest BCUT2D eigenvalue weighted by molar-refractivity contribution is 5.94. The van der Waals surface area contributed by atoms with E-state index in [2.05, 4.69) is 32.2 Å². The van der Waals surface area contributed by atoms with Crippen LogP contribution in [0.5, 0.6) is 5.75 Å². The van der Waals surface area contributed by atoms with Gasteiger partial charge in [0.15, 0.2) is 0 Å². The number of nitrogens with one attached hydrogen (secondary N) is 1. The molecular weight excluding hydrogens is 404 g/mol. The normalized spacial score (nSPS) is 10.8. The molecule has 4 rings (SSSR count). The predicted molar refractivity (Wildman–Crippen MR) is 120 cm³/mol. The van der Waals surface area contributed by atoms with Crippen LogP contribution in [0.1, 0.15) is 44.3 Å². The molecule has 0 saturated carbocycles. The molecule has 0 unspecified atom stereocenters. The second kappa shape index (κ2) is 9.51. The summed E-state index contributed by atoms with van der Waals surface area (Å²) in [4.78, 5) is 17.0. The van der Waals surface area contributed by atoms with Crippen molar-refractivity contribution in [3.8, 4) is 5.75 Å². The summed E-state index contributed by atoms with van der Waals surface area (Å²) in [6, 6.07) is 15.3. The van der Waals surface area contributed by atoms with E-state index in [0.29, 0.717) is 24.5 Å². The molecule has 0 aliphatic carbocycles. The summed E-state index contributed by atoms with van der Waals surface area (Å²) < 4.78 is 13.1. The Morgan fingerprint density at radius 2 is 1.91 bits per heavy atom. The van der Waals surface area contributed by atoms with Gasteiger partial charge >= 0.3 is 0 Å². The summed E-state index contributed by atoms with van der Waals surface area (Å²) in [5, 5.41) is 6.92. The van der Waals surface area contributed by atoms with Crippen molar-refractivity contribution < 1.29 is 14.1 Å². The van der Waals surface area contributed by atoms with Crippen molar-refractivity contribution in [3.05, 3.63) is 100 Å². The first-order valence-corrected chi connectivity index (χ1v) is 10.5. The number of hydrogen-bond donors (Lipinski definition) is 1. The minimum atomic E-state index is -0.149. The third-order valence-electron chi connectivity index (χ3n) is 5.38. The number of carbonyl (C=O) groups is 1. The Labute approximate surface area is 187 Å². The molecule has 0 atom stereocenters. The number of rotatable bonds is 8. The first-order chi connectivity index (χ1) is 15.5. The van der Waals surface area contributed by atoms with Gasteiger partial charge in [-0.1, -0.05) is 35.5 Å². The van der Waals surface area contributed by atoms with Crippen LogP contribution < -0.4 is 10.1 Å². The minimum absolute atomic E-state index is 0.149. The highest BCUT2D eigenvalue weighted by atomic mass is 16.5. The Hall–Kier alpha value is -3.87. The maximum absolute atomic E-state index is 12.7. The molecule has 0 aliphatic rings. The Kier molecular flexibility index (Phi) is 6.35. The molecule has 0 bridgehead atoms. The van der Waals surface area contributed by atoms with Gasteiger partial charge in [0, 0.05) is 31.0 Å². The van der Waals surface area contributed by atoms with Crippen LogP contribution in [0.2, 0.25) is 0 Å². The molecule has 2 heterocycles. The Morgan fingerprint density at radius 1 is 1.09 bits per heavy atom. The van der Waals surface area contributed by atoms with Crippen molar-refractivity contribution in [1.82, 2.24) is 20.0 Å². The number of amides is 1. The molecular formula is C25H26N4O3. The number of aryl methyl sites for hydroxylation is 3. The van der Waals surface area contributed by atoms with Gasteiger partial charge in [-0.15, -0.1) is 0 Å². The summed E-state index contributed by atoms with van der Waals surface area (Å²) >= 11 is 0. The minimum Gasteiger partial charge on any atom is -0.489 e. The molecule has 1 N–H and O–H groups in total. The van der Waals surface area contributed by atoms with Crippen molar-refractivity contribution >= 4 is 5.91 Å². The highest BCUT2D eigenvalue weighted by Crippen LogP contribution is 2.19. The average Bonchev–Trinajstić information content (AvgIpc) is 3.35. The smallest absolute Gasteiger partial charge is 0.251 e. The molecule has 0 spiro atoms. The first-order valence-electron chi connectivity index (χ1n) is 10.5. The quantitative estimate of drug-likeness (QED) is 0.449. The van der Waals surface area contributed by atoms with E-state index in [9.17, 15) is 4.79 Å². The lowest BCUT2D eigenvalue weighted by Gasteiger charge is -2.10. The van der Waals surface area contributed by atoms with Crippen molar-refractivity contribution in [3.63, 3.8) is 0 Å². The third kappa shape index (κ3) is 5.06. The van der Waals surface area contributed by atoms with Crippen LogP contribution in [-0.2, 0) is 19.7 Å². The molecule has 0 radical (unpaired) electrons. The van der Waals surface area contributed by atoms with Crippen molar-refractivity contribution in [2.75, 3.05) is 0 Å². The number of nitrogens with zero attached hydrogens (tertiary/aromatic N) is 3. The maximum Gasteiger partial charge on any atom is 0.251 e. The lowest BCUT2D eigenvalue weighted by Crippen LogP contribution is -2.22. The van der Waals surface area contributed by atoms with Gasteiger partial charge in [-0.2, -0.15) is 0 Å². The lowest BCUT2D eigenvalue weighted by molar-refractivity contribution is 0.0950. The van der Waals surface area contributed by atoms with Crippen molar-refractivity contribution in [2.45, 2.75) is 40.5 Å². The van der Waals surface area contributed by atoms with Gasteiger partial charge in [-0.3, -0.25) is 4.79 Å². The molecule has 2 aromatic carbocycles. The van der Waals surface area contributed by atoms with E-state index < -0.39 is 0 Å². The molecule has 4 aromatic rings. The van der Waals surface area contributed by atoms with Gasteiger partial charge in [-0.05, 0) is 50.1 Å². The first kappa shape index (κ1) is 21.4. The summed E-state index contributed by atoms with van der Waals surface area (Å²) in [5.74, 6) is 2.18. The van der Waals surface area contributed by atoms with E-state index in [1.807, 2.05) is 51.2 Å². The van der Waals surface area contributed by atoms with Crippen LogP contribution in [0.25, 0.3) is 0 Å². The second-order valence-corrected chi connectivity index (χ2v) is 7.72. The zero-order valence-corrected chi connectivity index (χ0v) is 18.5. The molecule has 32 heavy (non-hydrogen) atoms. The summed E-state index contributed by atoms with van der Waals surface area (Å²) in [6.07, 6.45) is 3.76. The fourth-order valence-electron chi connectivity index (χ4n) is 3.48. The zero-order chi connectivity index (χ0) is 22.5. The van der Waals surface area contributed by atoms with Crippen molar-refractivity contribution in [1.29, 1.82) is 0 Å².